The van der Waals surface area contributed by atoms with Gasteiger partial charge in [0.05, 0.1) is 5.56 Å². The number of halogens is 3. The second-order valence-electron chi connectivity index (χ2n) is 6.06. The molecule has 2 rings (SSSR count). The SMILES string of the molecule is Cc1cc(C(C)N(C)[C@H](C)c2ccccc2)cc(C(F)(F)F)c1. The van der Waals surface area contributed by atoms with Crippen molar-refractivity contribution in [2.24, 2.45) is 0 Å². The molecule has 124 valence electrons. The minimum absolute atomic E-state index is 0.112. The van der Waals surface area contributed by atoms with E-state index in [1.54, 1.807) is 6.92 Å². The van der Waals surface area contributed by atoms with Gasteiger partial charge in [-0.25, -0.2) is 0 Å². The van der Waals surface area contributed by atoms with Crippen LogP contribution in [0, 0.1) is 6.92 Å². The summed E-state index contributed by atoms with van der Waals surface area (Å²) in [6.45, 7) is 5.70. The zero-order valence-electron chi connectivity index (χ0n) is 13.9. The van der Waals surface area contributed by atoms with Gasteiger partial charge >= 0.3 is 6.18 Å². The fourth-order valence-electron chi connectivity index (χ4n) is 2.75. The fourth-order valence-corrected chi connectivity index (χ4v) is 2.75. The number of rotatable bonds is 4. The number of hydrogen-bond donors (Lipinski definition) is 0. The van der Waals surface area contributed by atoms with E-state index in [0.29, 0.717) is 11.1 Å². The first-order valence-electron chi connectivity index (χ1n) is 7.66. The quantitative estimate of drug-likeness (QED) is 0.691. The number of aryl methyl sites for hydroxylation is 1. The molecule has 0 spiro atoms. The Hall–Kier alpha value is -1.81. The van der Waals surface area contributed by atoms with Crippen molar-refractivity contribution in [3.63, 3.8) is 0 Å². The molecule has 0 N–H and O–H groups in total. The summed E-state index contributed by atoms with van der Waals surface area (Å²) in [7, 11) is 1.94. The van der Waals surface area contributed by atoms with Gasteiger partial charge in [-0.3, -0.25) is 4.90 Å². The number of benzene rings is 2. The summed E-state index contributed by atoms with van der Waals surface area (Å²) >= 11 is 0. The molecule has 0 saturated heterocycles. The van der Waals surface area contributed by atoms with Crippen LogP contribution in [0.1, 0.15) is 48.2 Å². The van der Waals surface area contributed by atoms with E-state index in [-0.39, 0.29) is 12.1 Å². The highest BCUT2D eigenvalue weighted by molar-refractivity contribution is 5.33. The Kier molecular flexibility index (Phi) is 5.15. The van der Waals surface area contributed by atoms with Crippen LogP contribution in [0.15, 0.2) is 48.5 Å². The monoisotopic (exact) mass is 321 g/mol. The van der Waals surface area contributed by atoms with Crippen LogP contribution in [0.5, 0.6) is 0 Å². The van der Waals surface area contributed by atoms with Crippen LogP contribution < -0.4 is 0 Å². The van der Waals surface area contributed by atoms with Crippen LogP contribution in [0.3, 0.4) is 0 Å². The molecule has 23 heavy (non-hydrogen) atoms. The third-order valence-corrected chi connectivity index (χ3v) is 4.41. The third kappa shape index (κ3) is 4.14. The van der Waals surface area contributed by atoms with Gasteiger partial charge in [0, 0.05) is 12.1 Å². The predicted molar refractivity (Wildman–Crippen MR) is 87.2 cm³/mol. The first-order chi connectivity index (χ1) is 10.7. The molecule has 2 aromatic carbocycles. The second-order valence-corrected chi connectivity index (χ2v) is 6.06. The smallest absolute Gasteiger partial charge is 0.293 e. The first-order valence-corrected chi connectivity index (χ1v) is 7.66. The average molecular weight is 321 g/mol. The summed E-state index contributed by atoms with van der Waals surface area (Å²) < 4.78 is 39.1. The van der Waals surface area contributed by atoms with Crippen LogP contribution in [0.25, 0.3) is 0 Å². The normalized spacial score (nSPS) is 14.8. The van der Waals surface area contributed by atoms with E-state index in [9.17, 15) is 13.2 Å². The number of alkyl halides is 3. The molecular formula is C19H22F3N. The summed E-state index contributed by atoms with van der Waals surface area (Å²) in [4.78, 5) is 2.09. The van der Waals surface area contributed by atoms with Crippen molar-refractivity contribution in [3.8, 4) is 0 Å². The fraction of sp³-hybridized carbons (Fsp3) is 0.368. The standard InChI is InChI=1S/C19H22F3N/c1-13-10-17(12-18(11-13)19(20,21)22)15(3)23(4)14(2)16-8-6-5-7-9-16/h5-12,14-15H,1-4H3/t14-,15?/m1/s1. The van der Waals surface area contributed by atoms with Crippen molar-refractivity contribution in [1.82, 2.24) is 4.90 Å². The van der Waals surface area contributed by atoms with Crippen molar-refractivity contribution in [2.45, 2.75) is 39.0 Å². The van der Waals surface area contributed by atoms with E-state index in [0.717, 1.165) is 5.56 Å². The van der Waals surface area contributed by atoms with Gasteiger partial charge < -0.3 is 0 Å². The Morgan fingerprint density at radius 3 is 2.00 bits per heavy atom. The number of nitrogens with zero attached hydrogens (tertiary/aromatic N) is 1. The lowest BCUT2D eigenvalue weighted by atomic mass is 9.98. The van der Waals surface area contributed by atoms with Crippen molar-refractivity contribution in [3.05, 3.63) is 70.8 Å². The minimum Gasteiger partial charge on any atom is -0.293 e. The Balaban J connectivity index is 2.29. The number of hydrogen-bond acceptors (Lipinski definition) is 1. The molecule has 0 fully saturated rings. The lowest BCUT2D eigenvalue weighted by molar-refractivity contribution is -0.137. The minimum atomic E-state index is -4.32. The Labute approximate surface area is 135 Å². The Bertz CT molecular complexity index is 649. The molecule has 0 bridgehead atoms. The van der Waals surface area contributed by atoms with E-state index in [1.807, 2.05) is 50.4 Å². The molecule has 1 unspecified atom stereocenters. The third-order valence-electron chi connectivity index (χ3n) is 4.41. The highest BCUT2D eigenvalue weighted by atomic mass is 19.4. The average Bonchev–Trinajstić information content (AvgIpc) is 2.52. The highest BCUT2D eigenvalue weighted by Crippen LogP contribution is 2.34. The van der Waals surface area contributed by atoms with E-state index >= 15 is 0 Å². The van der Waals surface area contributed by atoms with Crippen LogP contribution in [0.2, 0.25) is 0 Å². The maximum absolute atomic E-state index is 13.0. The van der Waals surface area contributed by atoms with Gasteiger partial charge in [0.25, 0.3) is 0 Å². The molecule has 0 aliphatic carbocycles. The lowest BCUT2D eigenvalue weighted by Gasteiger charge is -2.32. The summed E-state index contributed by atoms with van der Waals surface area (Å²) in [5.41, 5.74) is 1.87. The molecule has 0 aliphatic rings. The topological polar surface area (TPSA) is 3.24 Å². The van der Waals surface area contributed by atoms with Crippen molar-refractivity contribution >= 4 is 0 Å². The van der Waals surface area contributed by atoms with Gasteiger partial charge in [0.15, 0.2) is 0 Å². The van der Waals surface area contributed by atoms with Crippen molar-refractivity contribution < 1.29 is 13.2 Å². The summed E-state index contributed by atoms with van der Waals surface area (Å²) in [5.74, 6) is 0. The summed E-state index contributed by atoms with van der Waals surface area (Å²) in [6.07, 6.45) is -4.32. The van der Waals surface area contributed by atoms with E-state index in [2.05, 4.69) is 11.8 Å². The lowest BCUT2D eigenvalue weighted by Crippen LogP contribution is -2.26. The van der Waals surface area contributed by atoms with E-state index in [1.165, 1.54) is 12.1 Å². The highest BCUT2D eigenvalue weighted by Gasteiger charge is 2.31. The predicted octanol–water partition coefficient (Wildman–Crippen LogP) is 5.77. The largest absolute Gasteiger partial charge is 0.416 e. The van der Waals surface area contributed by atoms with Crippen LogP contribution in [0.4, 0.5) is 13.2 Å². The first kappa shape index (κ1) is 17.5. The molecule has 0 aliphatic heterocycles. The Morgan fingerprint density at radius 1 is 0.870 bits per heavy atom. The van der Waals surface area contributed by atoms with E-state index < -0.39 is 11.7 Å². The molecule has 4 heteroatoms. The van der Waals surface area contributed by atoms with Crippen molar-refractivity contribution in [1.29, 1.82) is 0 Å². The van der Waals surface area contributed by atoms with Crippen LogP contribution >= 0.6 is 0 Å². The molecular weight excluding hydrogens is 299 g/mol. The van der Waals surface area contributed by atoms with Gasteiger partial charge in [-0.1, -0.05) is 42.0 Å². The van der Waals surface area contributed by atoms with E-state index in [4.69, 9.17) is 0 Å². The van der Waals surface area contributed by atoms with Gasteiger partial charge in [-0.15, -0.1) is 0 Å². The van der Waals surface area contributed by atoms with Gasteiger partial charge in [-0.2, -0.15) is 13.2 Å². The molecule has 1 nitrogen and oxygen atoms in total. The second kappa shape index (κ2) is 6.75. The summed E-state index contributed by atoms with van der Waals surface area (Å²) in [5, 5.41) is 0. The van der Waals surface area contributed by atoms with Gasteiger partial charge in [-0.05, 0) is 51.1 Å². The molecule has 0 aromatic heterocycles. The van der Waals surface area contributed by atoms with Gasteiger partial charge in [0.2, 0.25) is 0 Å². The molecule has 0 amide bonds. The maximum atomic E-state index is 13.0. The Morgan fingerprint density at radius 2 is 1.43 bits per heavy atom. The van der Waals surface area contributed by atoms with Crippen molar-refractivity contribution in [2.75, 3.05) is 7.05 Å². The van der Waals surface area contributed by atoms with Gasteiger partial charge in [0.1, 0.15) is 0 Å². The van der Waals surface area contributed by atoms with Crippen LogP contribution in [-0.4, -0.2) is 11.9 Å². The summed E-state index contributed by atoms with van der Waals surface area (Å²) in [6, 6.07) is 14.2. The molecule has 2 aromatic rings. The molecule has 2 atom stereocenters. The zero-order valence-corrected chi connectivity index (χ0v) is 13.9. The molecule has 0 heterocycles. The molecule has 0 saturated carbocycles. The molecule has 0 radical (unpaired) electrons. The maximum Gasteiger partial charge on any atom is 0.416 e. The van der Waals surface area contributed by atoms with Crippen LogP contribution in [-0.2, 0) is 6.18 Å². The zero-order chi connectivity index (χ0) is 17.2.